The zero-order chi connectivity index (χ0) is 16.8. The number of nitrogens with one attached hydrogen (secondary N) is 1. The van der Waals surface area contributed by atoms with Gasteiger partial charge in [-0.2, -0.15) is 4.98 Å². The number of aliphatic carboxylic acids is 1. The molecule has 2 N–H and O–H groups in total. The van der Waals surface area contributed by atoms with Gasteiger partial charge in [-0.05, 0) is 18.6 Å². The molecule has 0 aliphatic heterocycles. The van der Waals surface area contributed by atoms with Gasteiger partial charge in [-0.1, -0.05) is 38.8 Å². The van der Waals surface area contributed by atoms with E-state index in [1.54, 1.807) is 18.3 Å². The Morgan fingerprint density at radius 2 is 2.22 bits per heavy atom. The number of unbranched alkanes of at least 4 members (excludes halogenated alkanes) is 1. The first-order valence-electron chi connectivity index (χ1n) is 7.80. The van der Waals surface area contributed by atoms with Crippen LogP contribution in [-0.4, -0.2) is 32.2 Å². The molecule has 2 aromatic rings. The highest BCUT2D eigenvalue weighted by molar-refractivity contribution is 5.77. The molecule has 2 heterocycles. The minimum absolute atomic E-state index is 0.178. The molecule has 0 fully saturated rings. The summed E-state index contributed by atoms with van der Waals surface area (Å²) in [5.41, 5.74) is 0.710. The summed E-state index contributed by atoms with van der Waals surface area (Å²) in [6.07, 6.45) is 3.93. The van der Waals surface area contributed by atoms with Crippen LogP contribution in [0.25, 0.3) is 11.5 Å². The Labute approximate surface area is 135 Å². The lowest BCUT2D eigenvalue weighted by Crippen LogP contribution is -2.29. The highest BCUT2D eigenvalue weighted by Crippen LogP contribution is 2.22. The Hall–Kier alpha value is -2.44. The van der Waals surface area contributed by atoms with Crippen LogP contribution in [0.4, 0.5) is 5.82 Å². The standard InChI is InChI=1S/C16H22N4O3/c1-4-5-6-12(16(21)22)18-13-9-11(7-8-17-13)15-19-14(10(2)3)20-23-15/h7-10,12H,4-6H2,1-3H3,(H,17,18)(H,21,22). The third-order valence-corrected chi connectivity index (χ3v) is 3.43. The van der Waals surface area contributed by atoms with Crippen LogP contribution >= 0.6 is 0 Å². The van der Waals surface area contributed by atoms with Crippen LogP contribution in [0, 0.1) is 0 Å². The highest BCUT2D eigenvalue weighted by Gasteiger charge is 2.18. The molecule has 0 bridgehead atoms. The van der Waals surface area contributed by atoms with Gasteiger partial charge >= 0.3 is 5.97 Å². The van der Waals surface area contributed by atoms with E-state index in [0.29, 0.717) is 29.5 Å². The van der Waals surface area contributed by atoms with Gasteiger partial charge in [-0.15, -0.1) is 0 Å². The Morgan fingerprint density at radius 1 is 1.43 bits per heavy atom. The van der Waals surface area contributed by atoms with Crippen LogP contribution in [0.3, 0.4) is 0 Å². The summed E-state index contributed by atoms with van der Waals surface area (Å²) in [5.74, 6) is 0.815. The fourth-order valence-electron chi connectivity index (χ4n) is 2.07. The molecule has 0 spiro atoms. The molecule has 0 radical (unpaired) electrons. The molecule has 0 amide bonds. The molecule has 0 aliphatic carbocycles. The molecule has 0 saturated carbocycles. The van der Waals surface area contributed by atoms with Crippen LogP contribution in [0.15, 0.2) is 22.9 Å². The Balaban J connectivity index is 2.16. The van der Waals surface area contributed by atoms with E-state index < -0.39 is 12.0 Å². The zero-order valence-corrected chi connectivity index (χ0v) is 13.6. The molecule has 7 nitrogen and oxygen atoms in total. The van der Waals surface area contributed by atoms with Crippen molar-refractivity contribution in [2.24, 2.45) is 0 Å². The molecule has 7 heteroatoms. The summed E-state index contributed by atoms with van der Waals surface area (Å²) in [4.78, 5) is 19.8. The number of rotatable bonds is 8. The molecular weight excluding hydrogens is 296 g/mol. The van der Waals surface area contributed by atoms with E-state index in [1.807, 2.05) is 20.8 Å². The molecule has 1 unspecified atom stereocenters. The lowest BCUT2D eigenvalue weighted by atomic mass is 10.1. The van der Waals surface area contributed by atoms with Crippen LogP contribution in [0.2, 0.25) is 0 Å². The van der Waals surface area contributed by atoms with Gasteiger partial charge in [0.2, 0.25) is 0 Å². The van der Waals surface area contributed by atoms with Crippen LogP contribution < -0.4 is 5.32 Å². The number of anilines is 1. The van der Waals surface area contributed by atoms with Gasteiger partial charge in [0, 0.05) is 17.7 Å². The summed E-state index contributed by atoms with van der Waals surface area (Å²) in [5, 5.41) is 16.2. The average Bonchev–Trinajstić information content (AvgIpc) is 3.01. The van der Waals surface area contributed by atoms with Gasteiger partial charge in [0.25, 0.3) is 5.89 Å². The number of carboxylic acid groups (broad SMARTS) is 1. The zero-order valence-electron chi connectivity index (χ0n) is 13.6. The van der Waals surface area contributed by atoms with E-state index in [0.717, 1.165) is 12.8 Å². The summed E-state index contributed by atoms with van der Waals surface area (Å²) in [6.45, 7) is 6.00. The Morgan fingerprint density at radius 3 is 2.83 bits per heavy atom. The normalized spacial score (nSPS) is 12.3. The molecule has 2 rings (SSSR count). The minimum atomic E-state index is -0.884. The van der Waals surface area contributed by atoms with Gasteiger partial charge in [-0.25, -0.2) is 9.78 Å². The molecule has 1 atom stereocenters. The Bertz CT molecular complexity index is 654. The van der Waals surface area contributed by atoms with Crippen LogP contribution in [0.1, 0.15) is 51.8 Å². The van der Waals surface area contributed by atoms with E-state index in [1.165, 1.54) is 0 Å². The fourth-order valence-corrected chi connectivity index (χ4v) is 2.07. The summed E-state index contributed by atoms with van der Waals surface area (Å²) >= 11 is 0. The quantitative estimate of drug-likeness (QED) is 0.770. The van der Waals surface area contributed by atoms with Crippen molar-refractivity contribution in [3.05, 3.63) is 24.2 Å². The van der Waals surface area contributed by atoms with E-state index in [2.05, 4.69) is 20.4 Å². The second-order valence-corrected chi connectivity index (χ2v) is 5.72. The van der Waals surface area contributed by atoms with Gasteiger partial charge in [0.1, 0.15) is 11.9 Å². The summed E-state index contributed by atoms with van der Waals surface area (Å²) in [7, 11) is 0. The number of pyridine rings is 1. The van der Waals surface area contributed by atoms with Gasteiger partial charge in [0.15, 0.2) is 5.82 Å². The third-order valence-electron chi connectivity index (χ3n) is 3.43. The lowest BCUT2D eigenvalue weighted by Gasteiger charge is -2.14. The maximum absolute atomic E-state index is 11.3. The number of aromatic nitrogens is 3. The monoisotopic (exact) mass is 318 g/mol. The fraction of sp³-hybridized carbons (Fsp3) is 0.500. The second-order valence-electron chi connectivity index (χ2n) is 5.72. The first kappa shape index (κ1) is 16.9. The first-order chi connectivity index (χ1) is 11.0. The average molecular weight is 318 g/mol. The lowest BCUT2D eigenvalue weighted by molar-refractivity contribution is -0.138. The van der Waals surface area contributed by atoms with Crippen molar-refractivity contribution in [1.29, 1.82) is 0 Å². The SMILES string of the molecule is CCCCC(Nc1cc(-c2nc(C(C)C)no2)ccn1)C(=O)O. The van der Waals surface area contributed by atoms with E-state index in [9.17, 15) is 9.90 Å². The van der Waals surface area contributed by atoms with Crippen molar-refractivity contribution in [3.8, 4) is 11.5 Å². The molecule has 0 aromatic carbocycles. The van der Waals surface area contributed by atoms with Crippen molar-refractivity contribution in [2.75, 3.05) is 5.32 Å². The topological polar surface area (TPSA) is 101 Å². The summed E-state index contributed by atoms with van der Waals surface area (Å²) < 4.78 is 5.25. The predicted molar refractivity (Wildman–Crippen MR) is 86.2 cm³/mol. The molecule has 23 heavy (non-hydrogen) atoms. The molecule has 2 aromatic heterocycles. The Kier molecular flexibility index (Phi) is 5.67. The van der Waals surface area contributed by atoms with Gasteiger partial charge in [-0.3, -0.25) is 0 Å². The predicted octanol–water partition coefficient (Wildman–Crippen LogP) is 3.31. The van der Waals surface area contributed by atoms with Crippen LogP contribution in [0.5, 0.6) is 0 Å². The highest BCUT2D eigenvalue weighted by atomic mass is 16.5. The van der Waals surface area contributed by atoms with Crippen molar-refractivity contribution >= 4 is 11.8 Å². The third kappa shape index (κ3) is 4.51. The second kappa shape index (κ2) is 7.71. The molecular formula is C16H22N4O3. The maximum Gasteiger partial charge on any atom is 0.326 e. The largest absolute Gasteiger partial charge is 0.480 e. The van der Waals surface area contributed by atoms with Crippen molar-refractivity contribution in [1.82, 2.24) is 15.1 Å². The van der Waals surface area contributed by atoms with E-state index >= 15 is 0 Å². The smallest absolute Gasteiger partial charge is 0.326 e. The summed E-state index contributed by atoms with van der Waals surface area (Å²) in [6, 6.07) is 2.82. The molecule has 124 valence electrons. The van der Waals surface area contributed by atoms with Crippen molar-refractivity contribution in [2.45, 2.75) is 52.0 Å². The van der Waals surface area contributed by atoms with E-state index in [-0.39, 0.29) is 5.92 Å². The van der Waals surface area contributed by atoms with Crippen LogP contribution in [-0.2, 0) is 4.79 Å². The minimum Gasteiger partial charge on any atom is -0.480 e. The maximum atomic E-state index is 11.3. The number of nitrogens with zero attached hydrogens (tertiary/aromatic N) is 3. The number of carboxylic acids is 1. The van der Waals surface area contributed by atoms with Crippen molar-refractivity contribution in [3.63, 3.8) is 0 Å². The van der Waals surface area contributed by atoms with Crippen molar-refractivity contribution < 1.29 is 14.4 Å². The van der Waals surface area contributed by atoms with E-state index in [4.69, 9.17) is 4.52 Å². The number of hydrogen-bond acceptors (Lipinski definition) is 6. The molecule has 0 aliphatic rings. The van der Waals surface area contributed by atoms with Gasteiger partial charge in [0.05, 0.1) is 0 Å². The molecule has 0 saturated heterocycles. The number of carbonyl (C=O) groups is 1. The first-order valence-corrected chi connectivity index (χ1v) is 7.80. The van der Waals surface area contributed by atoms with Gasteiger partial charge < -0.3 is 14.9 Å². The number of hydrogen-bond donors (Lipinski definition) is 2.